The molecule has 0 heterocycles. The van der Waals surface area contributed by atoms with Crippen LogP contribution in [0.3, 0.4) is 0 Å². The first-order valence-electron chi connectivity index (χ1n) is 13.6. The molecule has 2 rings (SSSR count). The molecule has 2 aromatic rings. The maximum absolute atomic E-state index is 12.7. The van der Waals surface area contributed by atoms with Crippen molar-refractivity contribution >= 4 is 22.7 Å². The van der Waals surface area contributed by atoms with Crippen molar-refractivity contribution in [3.63, 3.8) is 0 Å². The first-order valence-corrected chi connectivity index (χ1v) is 15.1. The van der Waals surface area contributed by atoms with Gasteiger partial charge in [0, 0.05) is 23.7 Å². The van der Waals surface area contributed by atoms with Crippen LogP contribution in [-0.4, -0.2) is 27.6 Å². The lowest BCUT2D eigenvalue weighted by Crippen LogP contribution is -2.26. The number of rotatable bonds is 18. The first-order chi connectivity index (χ1) is 17.1. The molecule has 0 saturated carbocycles. The second kappa shape index (κ2) is 15.4. The van der Waals surface area contributed by atoms with Crippen molar-refractivity contribution in [1.82, 2.24) is 0 Å². The fourth-order valence-electron chi connectivity index (χ4n) is 4.44. The number of unbranched alkanes of at least 4 members (excludes halogenated alkanes) is 4. The Labute approximate surface area is 222 Å². The van der Waals surface area contributed by atoms with Crippen molar-refractivity contribution in [3.8, 4) is 0 Å². The lowest BCUT2D eigenvalue weighted by Gasteiger charge is -2.23. The molecule has 0 atom stereocenters. The molecule has 0 bridgehead atoms. The van der Waals surface area contributed by atoms with Crippen molar-refractivity contribution in [1.29, 1.82) is 0 Å². The van der Waals surface area contributed by atoms with Crippen molar-refractivity contribution in [2.24, 2.45) is 10.8 Å². The number of ketones is 2. The van der Waals surface area contributed by atoms with Crippen molar-refractivity contribution in [2.45, 2.75) is 91.9 Å². The summed E-state index contributed by atoms with van der Waals surface area (Å²) in [5.74, 6) is 2.09. The minimum Gasteiger partial charge on any atom is -0.616 e. The van der Waals surface area contributed by atoms with E-state index in [9.17, 15) is 14.1 Å². The van der Waals surface area contributed by atoms with Crippen LogP contribution in [-0.2, 0) is 33.6 Å². The highest BCUT2D eigenvalue weighted by Gasteiger charge is 2.27. The van der Waals surface area contributed by atoms with E-state index in [2.05, 4.69) is 0 Å². The predicted molar refractivity (Wildman–Crippen MR) is 153 cm³/mol. The van der Waals surface area contributed by atoms with Crippen LogP contribution in [0.2, 0.25) is 0 Å². The SMILES string of the molecule is CC(C)(CCCCC[S+]([O-])CCCCCC(C)(C)C(=O)Cc1ccccc1)C(=O)Cc1ccccc1. The number of carbonyl (C=O) groups is 2. The number of carbonyl (C=O) groups excluding carboxylic acids is 2. The van der Waals surface area contributed by atoms with Crippen LogP contribution in [0.5, 0.6) is 0 Å². The van der Waals surface area contributed by atoms with Gasteiger partial charge < -0.3 is 4.55 Å². The van der Waals surface area contributed by atoms with Gasteiger partial charge in [0.15, 0.2) is 0 Å². The zero-order valence-corrected chi connectivity index (χ0v) is 23.7. The molecule has 0 saturated heterocycles. The highest BCUT2D eigenvalue weighted by Crippen LogP contribution is 2.28. The summed E-state index contributed by atoms with van der Waals surface area (Å²) in [4.78, 5) is 25.4. The van der Waals surface area contributed by atoms with E-state index in [0.29, 0.717) is 24.4 Å². The molecule has 0 aliphatic rings. The number of benzene rings is 2. The van der Waals surface area contributed by atoms with E-state index in [4.69, 9.17) is 0 Å². The second-order valence-corrected chi connectivity index (χ2v) is 13.1. The maximum atomic E-state index is 12.7. The molecular weight excluding hydrogens is 464 g/mol. The van der Waals surface area contributed by atoms with Crippen LogP contribution in [0.25, 0.3) is 0 Å². The first kappa shape index (κ1) is 30.3. The monoisotopic (exact) mass is 510 g/mol. The van der Waals surface area contributed by atoms with Crippen LogP contribution in [0.1, 0.15) is 90.2 Å². The fourth-order valence-corrected chi connectivity index (χ4v) is 5.69. The lowest BCUT2D eigenvalue weighted by atomic mass is 9.80. The molecule has 0 spiro atoms. The molecule has 0 unspecified atom stereocenters. The van der Waals surface area contributed by atoms with Gasteiger partial charge in [0.05, 0.1) is 0 Å². The summed E-state index contributed by atoms with van der Waals surface area (Å²) in [6.07, 6.45) is 8.69. The summed E-state index contributed by atoms with van der Waals surface area (Å²) < 4.78 is 12.4. The molecule has 0 aliphatic carbocycles. The van der Waals surface area contributed by atoms with E-state index in [0.717, 1.165) is 74.0 Å². The van der Waals surface area contributed by atoms with Gasteiger partial charge >= 0.3 is 0 Å². The largest absolute Gasteiger partial charge is 0.616 e. The van der Waals surface area contributed by atoms with Crippen molar-refractivity contribution in [3.05, 3.63) is 71.8 Å². The summed E-state index contributed by atoms with van der Waals surface area (Å²) in [5, 5.41) is 0. The third-order valence-corrected chi connectivity index (χ3v) is 8.76. The van der Waals surface area contributed by atoms with Gasteiger partial charge in [-0.25, -0.2) is 0 Å². The predicted octanol–water partition coefficient (Wildman–Crippen LogP) is 7.53. The van der Waals surface area contributed by atoms with E-state index in [1.165, 1.54) is 0 Å². The Bertz CT molecular complexity index is 830. The van der Waals surface area contributed by atoms with Gasteiger partial charge in [-0.1, -0.05) is 112 Å². The van der Waals surface area contributed by atoms with Crippen molar-refractivity contribution < 1.29 is 14.1 Å². The summed E-state index contributed by atoms with van der Waals surface area (Å²) in [6, 6.07) is 19.9. The standard InChI is InChI=1S/C32H46O3S/c1-31(2,29(33)25-27-17-9-5-10-18-27)21-13-7-15-23-36(35)24-16-8-14-22-32(3,4)30(34)26-28-19-11-6-12-20-28/h5-6,9-12,17-20H,7-8,13-16,21-26H2,1-4H3. The van der Waals surface area contributed by atoms with Crippen LogP contribution in [0.4, 0.5) is 0 Å². The Hall–Kier alpha value is -1.91. The maximum Gasteiger partial charge on any atom is 0.142 e. The van der Waals surface area contributed by atoms with E-state index < -0.39 is 11.2 Å². The van der Waals surface area contributed by atoms with Gasteiger partial charge in [-0.15, -0.1) is 0 Å². The van der Waals surface area contributed by atoms with E-state index in [1.54, 1.807) is 0 Å². The zero-order chi connectivity index (χ0) is 26.4. The summed E-state index contributed by atoms with van der Waals surface area (Å²) in [6.45, 7) is 8.19. The topological polar surface area (TPSA) is 57.2 Å². The molecule has 2 aromatic carbocycles. The molecule has 0 fully saturated rings. The summed E-state index contributed by atoms with van der Waals surface area (Å²) in [5.41, 5.74) is 1.53. The van der Waals surface area contributed by atoms with Gasteiger partial charge in [0.1, 0.15) is 23.1 Å². The highest BCUT2D eigenvalue weighted by molar-refractivity contribution is 7.91. The Balaban J connectivity index is 1.53. The molecule has 0 N–H and O–H groups in total. The van der Waals surface area contributed by atoms with E-state index >= 15 is 0 Å². The number of Topliss-reactive ketones (excluding diaryl/α,β-unsaturated/α-hetero) is 2. The molecular formula is C32H46O3S. The Morgan fingerprint density at radius 3 is 1.33 bits per heavy atom. The summed E-state index contributed by atoms with van der Waals surface area (Å²) >= 11 is -0.774. The molecule has 0 aliphatic heterocycles. The Kier molecular flexibility index (Phi) is 12.9. The van der Waals surface area contributed by atoms with Crippen LogP contribution < -0.4 is 0 Å². The van der Waals surface area contributed by atoms with E-state index in [-0.39, 0.29) is 10.8 Å². The lowest BCUT2D eigenvalue weighted by molar-refractivity contribution is -0.127. The van der Waals surface area contributed by atoms with Gasteiger partial charge in [-0.2, -0.15) is 0 Å². The highest BCUT2D eigenvalue weighted by atomic mass is 32.2. The van der Waals surface area contributed by atoms with Gasteiger partial charge in [-0.05, 0) is 49.7 Å². The third-order valence-electron chi connectivity index (χ3n) is 7.27. The Morgan fingerprint density at radius 1 is 0.611 bits per heavy atom. The molecule has 3 nitrogen and oxygen atoms in total. The van der Waals surface area contributed by atoms with Gasteiger partial charge in [0.25, 0.3) is 0 Å². The van der Waals surface area contributed by atoms with Crippen LogP contribution in [0.15, 0.2) is 60.7 Å². The summed E-state index contributed by atoms with van der Waals surface area (Å²) in [7, 11) is 0. The van der Waals surface area contributed by atoms with Crippen molar-refractivity contribution in [2.75, 3.05) is 11.5 Å². The van der Waals surface area contributed by atoms with Crippen LogP contribution >= 0.6 is 0 Å². The van der Waals surface area contributed by atoms with Gasteiger partial charge in [0.2, 0.25) is 0 Å². The minimum absolute atomic E-state index is 0.294. The minimum atomic E-state index is -0.774. The normalized spacial score (nSPS) is 12.2. The van der Waals surface area contributed by atoms with E-state index in [1.807, 2.05) is 88.4 Å². The molecule has 4 heteroatoms. The zero-order valence-electron chi connectivity index (χ0n) is 22.9. The third kappa shape index (κ3) is 11.4. The Morgan fingerprint density at radius 2 is 0.972 bits per heavy atom. The smallest absolute Gasteiger partial charge is 0.142 e. The fraction of sp³-hybridized carbons (Fsp3) is 0.562. The average molecular weight is 511 g/mol. The van der Waals surface area contributed by atoms with Crippen LogP contribution in [0, 0.1) is 10.8 Å². The molecule has 0 radical (unpaired) electrons. The van der Waals surface area contributed by atoms with Gasteiger partial charge in [-0.3, -0.25) is 9.59 Å². The average Bonchev–Trinajstić information content (AvgIpc) is 2.84. The number of hydrogen-bond donors (Lipinski definition) is 0. The quantitative estimate of drug-likeness (QED) is 0.154. The molecule has 0 aromatic heterocycles. The second-order valence-electron chi connectivity index (χ2n) is 11.4. The molecule has 0 amide bonds. The molecule has 198 valence electrons. The number of hydrogen-bond acceptors (Lipinski definition) is 3. The molecule has 36 heavy (non-hydrogen) atoms.